The summed E-state index contributed by atoms with van der Waals surface area (Å²) in [6.45, 7) is 3.85. The van der Waals surface area contributed by atoms with Gasteiger partial charge in [-0.1, -0.05) is 0 Å². The molecule has 0 amide bonds. The molecule has 0 atom stereocenters. The van der Waals surface area contributed by atoms with Crippen molar-refractivity contribution in [2.45, 2.75) is 18.7 Å². The third kappa shape index (κ3) is 5.10. The van der Waals surface area contributed by atoms with Crippen LogP contribution in [-0.2, 0) is 14.3 Å². The first-order valence-corrected chi connectivity index (χ1v) is 11.6. The Morgan fingerprint density at radius 3 is 1.96 bits per heavy atom. The Kier molecular flexibility index (Phi) is 6.17. The maximum atomic E-state index is 12.8. The van der Waals surface area contributed by atoms with E-state index in [9.17, 15) is 8.42 Å². The monoisotopic (exact) mass is 444 g/mol. The van der Waals surface area contributed by atoms with E-state index in [0.29, 0.717) is 5.76 Å². The summed E-state index contributed by atoms with van der Waals surface area (Å²) >= 11 is -0.0464. The molecule has 5 heteroatoms. The minimum absolute atomic E-state index is 0.0464. The van der Waals surface area contributed by atoms with Crippen LogP contribution in [0.15, 0.2) is 94.3 Å². The molecule has 3 nitrogen and oxygen atoms in total. The molecule has 0 radical (unpaired) electrons. The van der Waals surface area contributed by atoms with Gasteiger partial charge in [-0.05, 0) is 0 Å². The second-order valence-corrected chi connectivity index (χ2v) is 10.3. The topological polar surface area (TPSA) is 43.4 Å². The molecule has 0 aliphatic heterocycles. The van der Waals surface area contributed by atoms with Crippen molar-refractivity contribution in [1.82, 2.24) is 0 Å². The van der Waals surface area contributed by atoms with E-state index in [1.54, 1.807) is 24.3 Å². The fourth-order valence-corrected chi connectivity index (χ4v) is 5.49. The summed E-state index contributed by atoms with van der Waals surface area (Å²) in [6.07, 6.45) is 0. The van der Waals surface area contributed by atoms with Crippen LogP contribution in [0.3, 0.4) is 0 Å². The van der Waals surface area contributed by atoms with Gasteiger partial charge in [-0.2, -0.15) is 0 Å². The van der Waals surface area contributed by atoms with Crippen molar-refractivity contribution in [3.05, 3.63) is 101 Å². The van der Waals surface area contributed by atoms with Crippen molar-refractivity contribution in [1.29, 1.82) is 0 Å². The van der Waals surface area contributed by atoms with Crippen molar-refractivity contribution in [2.75, 3.05) is 0 Å². The average molecular weight is 443 g/mol. The molecule has 3 rings (SSSR count). The van der Waals surface area contributed by atoms with E-state index >= 15 is 0 Å². The van der Waals surface area contributed by atoms with Crippen molar-refractivity contribution in [3.8, 4) is 0 Å². The third-order valence-corrected chi connectivity index (χ3v) is 7.21. The fourth-order valence-electron chi connectivity index (χ4n) is 2.47. The molecule has 0 saturated carbocycles. The Hall–Kier alpha value is -2.33. The standard InChI is InChI=1S/C22H20O3SSe/c1-17-13-15-20(16-14-17)26(23,24)25-22(19-9-5-3-6-10-19)18(2)27-21-11-7-4-8-12-21/h3-16H,1-2H3/b22-18+. The summed E-state index contributed by atoms with van der Waals surface area (Å²) in [4.78, 5) is 0.154. The fraction of sp³-hybridized carbons (Fsp3) is 0.0909. The SMILES string of the molecule is C/C([Se]c1ccccc1)=C(\OS(=O)(=O)c1ccc(C)cc1)c1ccccc1. The molecule has 3 aromatic carbocycles. The van der Waals surface area contributed by atoms with Gasteiger partial charge in [0.2, 0.25) is 0 Å². The second kappa shape index (κ2) is 8.57. The number of hydrogen-bond acceptors (Lipinski definition) is 3. The second-order valence-electron chi connectivity index (χ2n) is 6.02. The molecule has 0 unspecified atom stereocenters. The summed E-state index contributed by atoms with van der Waals surface area (Å²) in [5.74, 6) is 0.403. The summed E-state index contributed by atoms with van der Waals surface area (Å²) in [5, 5.41) is 0. The molecular weight excluding hydrogens is 423 g/mol. The number of benzene rings is 3. The van der Waals surface area contributed by atoms with Gasteiger partial charge in [0.05, 0.1) is 0 Å². The van der Waals surface area contributed by atoms with Gasteiger partial charge in [-0.3, -0.25) is 0 Å². The first-order valence-electron chi connectivity index (χ1n) is 8.46. The number of rotatable bonds is 6. The van der Waals surface area contributed by atoms with Crippen LogP contribution in [-0.4, -0.2) is 23.4 Å². The number of aryl methyl sites for hydroxylation is 1. The van der Waals surface area contributed by atoms with Gasteiger partial charge in [-0.25, -0.2) is 0 Å². The minimum atomic E-state index is -3.91. The van der Waals surface area contributed by atoms with E-state index in [4.69, 9.17) is 4.18 Å². The van der Waals surface area contributed by atoms with Gasteiger partial charge in [0.15, 0.2) is 0 Å². The zero-order valence-electron chi connectivity index (χ0n) is 15.1. The summed E-state index contributed by atoms with van der Waals surface area (Å²) in [6, 6.07) is 26.1. The van der Waals surface area contributed by atoms with Gasteiger partial charge in [0, 0.05) is 0 Å². The van der Waals surface area contributed by atoms with Gasteiger partial charge < -0.3 is 0 Å². The summed E-state index contributed by atoms with van der Waals surface area (Å²) in [5.41, 5.74) is 1.75. The van der Waals surface area contributed by atoms with E-state index < -0.39 is 10.1 Å². The molecular formula is C22H20O3SSe. The Labute approximate surface area is 167 Å². The van der Waals surface area contributed by atoms with Crippen molar-refractivity contribution in [3.63, 3.8) is 0 Å². The van der Waals surface area contributed by atoms with Crippen LogP contribution in [0, 0.1) is 6.92 Å². The van der Waals surface area contributed by atoms with Crippen LogP contribution < -0.4 is 4.46 Å². The Balaban J connectivity index is 2.00. The van der Waals surface area contributed by atoms with E-state index in [2.05, 4.69) is 0 Å². The van der Waals surface area contributed by atoms with Crippen LogP contribution in [0.2, 0.25) is 0 Å². The van der Waals surface area contributed by atoms with Crippen LogP contribution >= 0.6 is 0 Å². The average Bonchev–Trinajstić information content (AvgIpc) is 2.68. The van der Waals surface area contributed by atoms with Crippen LogP contribution in [0.5, 0.6) is 0 Å². The van der Waals surface area contributed by atoms with Crippen LogP contribution in [0.1, 0.15) is 18.1 Å². The molecule has 138 valence electrons. The van der Waals surface area contributed by atoms with Crippen molar-refractivity contribution < 1.29 is 12.6 Å². The third-order valence-electron chi connectivity index (χ3n) is 3.87. The summed E-state index contributed by atoms with van der Waals surface area (Å²) < 4.78 is 33.4. The van der Waals surface area contributed by atoms with Crippen molar-refractivity contribution >= 4 is 35.3 Å². The van der Waals surface area contributed by atoms with Gasteiger partial charge in [-0.15, -0.1) is 0 Å². The normalized spacial score (nSPS) is 12.4. The van der Waals surface area contributed by atoms with E-state index in [-0.39, 0.29) is 19.9 Å². The van der Waals surface area contributed by atoms with E-state index in [1.165, 1.54) is 0 Å². The zero-order valence-corrected chi connectivity index (χ0v) is 17.7. The Bertz CT molecular complexity index is 1030. The quantitative estimate of drug-likeness (QED) is 0.327. The molecule has 0 fully saturated rings. The van der Waals surface area contributed by atoms with E-state index in [1.807, 2.05) is 74.5 Å². The molecule has 0 aliphatic carbocycles. The number of allylic oxidation sites excluding steroid dienone is 1. The Morgan fingerprint density at radius 2 is 1.37 bits per heavy atom. The van der Waals surface area contributed by atoms with Crippen LogP contribution in [0.4, 0.5) is 0 Å². The summed E-state index contributed by atoms with van der Waals surface area (Å²) in [7, 11) is -3.91. The van der Waals surface area contributed by atoms with Crippen molar-refractivity contribution in [2.24, 2.45) is 0 Å². The molecule has 0 spiro atoms. The first-order chi connectivity index (χ1) is 13.0. The molecule has 0 aliphatic rings. The number of hydrogen-bond donors (Lipinski definition) is 0. The molecule has 0 saturated heterocycles. The molecule has 0 bridgehead atoms. The van der Waals surface area contributed by atoms with Crippen LogP contribution in [0.25, 0.3) is 5.76 Å². The molecule has 3 aromatic rings. The predicted octanol–water partition coefficient (Wildman–Crippen LogP) is 4.12. The molecule has 27 heavy (non-hydrogen) atoms. The van der Waals surface area contributed by atoms with Gasteiger partial charge in [0.1, 0.15) is 0 Å². The van der Waals surface area contributed by atoms with E-state index in [0.717, 1.165) is 20.1 Å². The molecule has 0 N–H and O–H groups in total. The molecule has 0 heterocycles. The zero-order chi connectivity index (χ0) is 19.3. The first kappa shape index (κ1) is 19.4. The predicted molar refractivity (Wildman–Crippen MR) is 110 cm³/mol. The van der Waals surface area contributed by atoms with Gasteiger partial charge >= 0.3 is 167 Å². The molecule has 0 aromatic heterocycles. The maximum absolute atomic E-state index is 12.8. The Morgan fingerprint density at radius 1 is 0.815 bits per heavy atom. The van der Waals surface area contributed by atoms with Gasteiger partial charge in [0.25, 0.3) is 0 Å².